The van der Waals surface area contributed by atoms with Gasteiger partial charge in [0.25, 0.3) is 5.69 Å². The van der Waals surface area contributed by atoms with E-state index >= 15 is 0 Å². The Kier molecular flexibility index (Phi) is 5.20. The molecule has 4 atom stereocenters. The lowest BCUT2D eigenvalue weighted by molar-refractivity contribution is -0.384. The molecule has 0 N–H and O–H groups in total. The number of nitro benzene ring substituents is 1. The smallest absolute Gasteiger partial charge is 0.270 e. The molecule has 0 saturated carbocycles. The van der Waals surface area contributed by atoms with Crippen LogP contribution in [0.5, 0.6) is 0 Å². The summed E-state index contributed by atoms with van der Waals surface area (Å²) >= 11 is 5.92. The van der Waals surface area contributed by atoms with E-state index in [-0.39, 0.29) is 22.0 Å². The van der Waals surface area contributed by atoms with E-state index in [2.05, 4.69) is 0 Å². The molecule has 2 amide bonds. The predicted molar refractivity (Wildman–Crippen MR) is 134 cm³/mol. The van der Waals surface area contributed by atoms with E-state index in [1.165, 1.54) is 36.4 Å². The number of imide groups is 1. The first-order valence-corrected chi connectivity index (χ1v) is 11.8. The van der Waals surface area contributed by atoms with Crippen molar-refractivity contribution in [2.75, 3.05) is 9.80 Å². The van der Waals surface area contributed by atoms with Gasteiger partial charge in [0.15, 0.2) is 5.78 Å². The Morgan fingerprint density at radius 2 is 1.73 bits per heavy atom. The summed E-state index contributed by atoms with van der Waals surface area (Å²) < 4.78 is 13.8. The average molecular weight is 518 g/mol. The molecule has 0 radical (unpaired) electrons. The van der Waals surface area contributed by atoms with Crippen LogP contribution in [0, 0.1) is 27.8 Å². The quantitative estimate of drug-likeness (QED) is 0.216. The number of fused-ring (bicyclic) bond motifs is 5. The molecule has 6 rings (SSSR count). The zero-order chi connectivity index (χ0) is 26.0. The number of benzene rings is 3. The number of carbonyl (C=O) groups excluding carboxylic acids is 3. The predicted octanol–water partition coefficient (Wildman–Crippen LogP) is 4.66. The molecule has 3 heterocycles. The second-order valence-electron chi connectivity index (χ2n) is 9.09. The van der Waals surface area contributed by atoms with Crippen molar-refractivity contribution in [3.05, 3.63) is 105 Å². The molecule has 3 aliphatic heterocycles. The van der Waals surface area contributed by atoms with Crippen LogP contribution in [0.2, 0.25) is 5.02 Å². The third-order valence-electron chi connectivity index (χ3n) is 7.19. The Morgan fingerprint density at radius 3 is 2.49 bits per heavy atom. The van der Waals surface area contributed by atoms with Crippen molar-refractivity contribution in [1.29, 1.82) is 0 Å². The topological polar surface area (TPSA) is 101 Å². The van der Waals surface area contributed by atoms with Crippen molar-refractivity contribution >= 4 is 52.3 Å². The van der Waals surface area contributed by atoms with Crippen molar-refractivity contribution < 1.29 is 23.7 Å². The maximum Gasteiger partial charge on any atom is 0.270 e. The van der Waals surface area contributed by atoms with Crippen LogP contribution in [-0.4, -0.2) is 34.6 Å². The molecule has 0 aromatic heterocycles. The van der Waals surface area contributed by atoms with E-state index in [1.807, 2.05) is 24.3 Å². The van der Waals surface area contributed by atoms with Crippen LogP contribution >= 0.6 is 11.6 Å². The van der Waals surface area contributed by atoms with Gasteiger partial charge in [0.2, 0.25) is 11.8 Å². The van der Waals surface area contributed by atoms with Gasteiger partial charge < -0.3 is 4.90 Å². The van der Waals surface area contributed by atoms with Crippen LogP contribution in [0.1, 0.15) is 15.9 Å². The lowest BCUT2D eigenvalue weighted by Crippen LogP contribution is -2.48. The number of amides is 2. The Hall–Kier alpha value is -4.37. The number of halogens is 2. The van der Waals surface area contributed by atoms with Crippen LogP contribution in [-0.2, 0) is 9.59 Å². The molecule has 8 nitrogen and oxygen atoms in total. The number of carbonyl (C=O) groups is 3. The van der Waals surface area contributed by atoms with E-state index in [4.69, 9.17) is 11.6 Å². The molecule has 2 saturated heterocycles. The number of anilines is 2. The zero-order valence-corrected chi connectivity index (χ0v) is 19.7. The fourth-order valence-corrected chi connectivity index (χ4v) is 5.81. The number of non-ortho nitro benzene ring substituents is 1. The Morgan fingerprint density at radius 1 is 0.973 bits per heavy atom. The molecule has 3 aromatic carbocycles. The van der Waals surface area contributed by atoms with E-state index in [0.717, 1.165) is 16.5 Å². The van der Waals surface area contributed by atoms with Gasteiger partial charge in [-0.15, -0.1) is 0 Å². The first-order chi connectivity index (χ1) is 17.8. The molecule has 0 unspecified atom stereocenters. The van der Waals surface area contributed by atoms with E-state index in [1.54, 1.807) is 17.0 Å². The first-order valence-electron chi connectivity index (χ1n) is 11.4. The summed E-state index contributed by atoms with van der Waals surface area (Å²) in [7, 11) is 0. The minimum atomic E-state index is -1.10. The van der Waals surface area contributed by atoms with E-state index in [0.29, 0.717) is 5.69 Å². The van der Waals surface area contributed by atoms with Gasteiger partial charge in [-0.1, -0.05) is 54.1 Å². The SMILES string of the molecule is O=C(c1cccc([N+](=O)[O-])c1)[C@@H]1[C@@H]2C(=O)N(c3ccc(F)c(Cl)c3)C(=O)[C@@H]2[C@@H]2C=Cc3ccccc3N12. The summed E-state index contributed by atoms with van der Waals surface area (Å²) in [5.41, 5.74) is 1.42. The molecule has 2 fully saturated rings. The van der Waals surface area contributed by atoms with Crippen molar-refractivity contribution in [2.45, 2.75) is 12.1 Å². The summed E-state index contributed by atoms with van der Waals surface area (Å²) in [5, 5.41) is 11.1. The lowest BCUT2D eigenvalue weighted by Gasteiger charge is -2.36. The second kappa shape index (κ2) is 8.35. The second-order valence-corrected chi connectivity index (χ2v) is 9.50. The minimum Gasteiger partial charge on any atom is -0.352 e. The average Bonchev–Trinajstić information content (AvgIpc) is 3.38. The number of hydrogen-bond acceptors (Lipinski definition) is 6. The summed E-state index contributed by atoms with van der Waals surface area (Å²) in [4.78, 5) is 55.0. The van der Waals surface area contributed by atoms with Gasteiger partial charge in [0.05, 0.1) is 33.5 Å². The highest BCUT2D eigenvalue weighted by Gasteiger charge is 2.64. The standard InChI is InChI=1S/C27H17ClFN3O5/c28-18-13-16(9-10-19(18)29)30-26(34)22-21-11-8-14-4-1-2-7-20(14)31(21)24(23(22)27(30)35)25(33)15-5-3-6-17(12-15)32(36)37/h1-13,21-24H/t21-,22+,23+,24-/m0/s1. The highest BCUT2D eigenvalue weighted by atomic mass is 35.5. The largest absolute Gasteiger partial charge is 0.352 e. The molecular weight excluding hydrogens is 501 g/mol. The molecular formula is C27H17ClFN3O5. The highest BCUT2D eigenvalue weighted by molar-refractivity contribution is 6.32. The maximum atomic E-state index is 14.0. The van der Waals surface area contributed by atoms with E-state index in [9.17, 15) is 28.9 Å². The Labute approximate surface area is 214 Å². The van der Waals surface area contributed by atoms with Crippen molar-refractivity contribution in [3.63, 3.8) is 0 Å². The fourth-order valence-electron chi connectivity index (χ4n) is 5.64. The number of Topliss-reactive ketones (excluding diaryl/α,β-unsaturated/α-hetero) is 1. The molecule has 0 bridgehead atoms. The summed E-state index contributed by atoms with van der Waals surface area (Å²) in [5.74, 6) is -4.29. The first kappa shape index (κ1) is 23.1. The number of nitro groups is 1. The molecule has 37 heavy (non-hydrogen) atoms. The van der Waals surface area contributed by atoms with Crippen LogP contribution in [0.4, 0.5) is 21.5 Å². The zero-order valence-electron chi connectivity index (χ0n) is 19.0. The van der Waals surface area contributed by atoms with Crippen LogP contribution in [0.3, 0.4) is 0 Å². The Balaban J connectivity index is 1.49. The normalized spacial score (nSPS) is 23.6. The lowest BCUT2D eigenvalue weighted by atomic mass is 9.86. The van der Waals surface area contributed by atoms with Gasteiger partial charge in [0, 0.05) is 23.4 Å². The number of ketones is 1. The van der Waals surface area contributed by atoms with Gasteiger partial charge in [-0.25, -0.2) is 9.29 Å². The van der Waals surface area contributed by atoms with Crippen LogP contribution in [0.15, 0.2) is 72.8 Å². The van der Waals surface area contributed by atoms with Gasteiger partial charge in [-0.3, -0.25) is 24.5 Å². The molecule has 3 aliphatic rings. The summed E-state index contributed by atoms with van der Waals surface area (Å²) in [6.45, 7) is 0. The number of para-hydroxylation sites is 1. The summed E-state index contributed by atoms with van der Waals surface area (Å²) in [6.07, 6.45) is 3.65. The van der Waals surface area contributed by atoms with Gasteiger partial charge in [-0.2, -0.15) is 0 Å². The van der Waals surface area contributed by atoms with Gasteiger partial charge >= 0.3 is 0 Å². The maximum absolute atomic E-state index is 14.0. The molecule has 0 aliphatic carbocycles. The third-order valence-corrected chi connectivity index (χ3v) is 7.48. The third kappa shape index (κ3) is 3.38. The number of nitrogens with zero attached hydrogens (tertiary/aromatic N) is 3. The number of hydrogen-bond donors (Lipinski definition) is 0. The summed E-state index contributed by atoms with van der Waals surface area (Å²) in [6, 6.07) is 14.5. The fraction of sp³-hybridized carbons (Fsp3) is 0.148. The Bertz CT molecular complexity index is 1560. The monoisotopic (exact) mass is 517 g/mol. The number of rotatable bonds is 4. The van der Waals surface area contributed by atoms with Crippen LogP contribution < -0.4 is 9.80 Å². The van der Waals surface area contributed by atoms with E-state index < -0.39 is 52.3 Å². The molecule has 0 spiro atoms. The minimum absolute atomic E-state index is 0.0640. The van der Waals surface area contributed by atoms with Crippen molar-refractivity contribution in [2.24, 2.45) is 11.8 Å². The van der Waals surface area contributed by atoms with Crippen molar-refractivity contribution in [3.8, 4) is 0 Å². The molecule has 3 aromatic rings. The molecule has 10 heteroatoms. The van der Waals surface area contributed by atoms with Crippen LogP contribution in [0.25, 0.3) is 6.08 Å². The van der Waals surface area contributed by atoms with Gasteiger partial charge in [-0.05, 0) is 29.8 Å². The van der Waals surface area contributed by atoms with Crippen molar-refractivity contribution in [1.82, 2.24) is 0 Å². The highest BCUT2D eigenvalue weighted by Crippen LogP contribution is 2.50. The molecule has 184 valence electrons. The van der Waals surface area contributed by atoms with Gasteiger partial charge in [0.1, 0.15) is 11.9 Å².